The van der Waals surface area contributed by atoms with E-state index in [1.54, 1.807) is 24.9 Å². The largest absolute Gasteiger partial charge is 0.481 e. The molecule has 0 aliphatic carbocycles. The molecule has 8 heteroatoms. The number of rotatable bonds is 9. The maximum atomic E-state index is 13.3. The van der Waals surface area contributed by atoms with Crippen LogP contribution in [0.25, 0.3) is 11.3 Å². The van der Waals surface area contributed by atoms with E-state index in [0.29, 0.717) is 30.2 Å². The summed E-state index contributed by atoms with van der Waals surface area (Å²) in [6, 6.07) is 16.9. The van der Waals surface area contributed by atoms with Crippen LogP contribution >= 0.6 is 11.3 Å². The zero-order chi connectivity index (χ0) is 23.0. The van der Waals surface area contributed by atoms with Crippen molar-refractivity contribution in [3.63, 3.8) is 0 Å². The van der Waals surface area contributed by atoms with Gasteiger partial charge in [-0.05, 0) is 37.1 Å². The fourth-order valence-corrected chi connectivity index (χ4v) is 3.98. The van der Waals surface area contributed by atoms with Crippen molar-refractivity contribution in [3.8, 4) is 17.1 Å². The lowest BCUT2D eigenvalue weighted by Gasteiger charge is -2.19. The van der Waals surface area contributed by atoms with Crippen LogP contribution in [-0.2, 0) is 17.8 Å². The molecule has 0 saturated carbocycles. The van der Waals surface area contributed by atoms with Gasteiger partial charge in [0.05, 0.1) is 30.1 Å². The van der Waals surface area contributed by atoms with Crippen molar-refractivity contribution in [3.05, 3.63) is 88.6 Å². The molecular formula is C25H25N5O2S. The lowest BCUT2D eigenvalue weighted by Crippen LogP contribution is -2.42. The predicted molar refractivity (Wildman–Crippen MR) is 130 cm³/mol. The van der Waals surface area contributed by atoms with Gasteiger partial charge in [-0.3, -0.25) is 15.1 Å². The number of thiazole rings is 1. The Hall–Kier alpha value is -3.62. The van der Waals surface area contributed by atoms with Crippen LogP contribution in [0.5, 0.6) is 5.88 Å². The Morgan fingerprint density at radius 3 is 2.70 bits per heavy atom. The van der Waals surface area contributed by atoms with Crippen LogP contribution in [0.4, 0.5) is 5.69 Å². The molecule has 1 unspecified atom stereocenters. The van der Waals surface area contributed by atoms with Gasteiger partial charge in [0.15, 0.2) is 0 Å². The first kappa shape index (κ1) is 22.6. The number of carbonyl (C=O) groups excluding carboxylic acids is 1. The SMILES string of the molecule is COc1cc(NC(=O)C(Cc2ccccc2)NCc2cscn2)cc(-c2ccnc(C)c2)n1. The van der Waals surface area contributed by atoms with Crippen molar-refractivity contribution in [2.75, 3.05) is 12.4 Å². The normalized spacial score (nSPS) is 11.7. The van der Waals surface area contributed by atoms with Gasteiger partial charge >= 0.3 is 0 Å². The van der Waals surface area contributed by atoms with Crippen molar-refractivity contribution in [2.24, 2.45) is 0 Å². The minimum atomic E-state index is -0.445. The topological polar surface area (TPSA) is 89.0 Å². The highest BCUT2D eigenvalue weighted by atomic mass is 32.1. The molecule has 0 fully saturated rings. The lowest BCUT2D eigenvalue weighted by atomic mass is 10.0. The van der Waals surface area contributed by atoms with Gasteiger partial charge in [0.25, 0.3) is 0 Å². The molecule has 0 saturated heterocycles. The molecule has 33 heavy (non-hydrogen) atoms. The van der Waals surface area contributed by atoms with Crippen molar-refractivity contribution in [1.82, 2.24) is 20.3 Å². The molecule has 4 aromatic rings. The first-order valence-electron chi connectivity index (χ1n) is 10.5. The van der Waals surface area contributed by atoms with Crippen LogP contribution < -0.4 is 15.4 Å². The number of pyridine rings is 2. The van der Waals surface area contributed by atoms with E-state index < -0.39 is 6.04 Å². The number of ether oxygens (including phenoxy) is 1. The second-order valence-corrected chi connectivity index (χ2v) is 8.28. The van der Waals surface area contributed by atoms with Gasteiger partial charge in [-0.15, -0.1) is 11.3 Å². The molecular weight excluding hydrogens is 434 g/mol. The van der Waals surface area contributed by atoms with E-state index >= 15 is 0 Å². The fraction of sp³-hybridized carbons (Fsp3) is 0.200. The van der Waals surface area contributed by atoms with Gasteiger partial charge < -0.3 is 10.1 Å². The summed E-state index contributed by atoms with van der Waals surface area (Å²) in [4.78, 5) is 26.4. The highest BCUT2D eigenvalue weighted by Crippen LogP contribution is 2.25. The zero-order valence-electron chi connectivity index (χ0n) is 18.5. The van der Waals surface area contributed by atoms with Crippen molar-refractivity contribution >= 4 is 22.9 Å². The Labute approximate surface area is 196 Å². The number of hydrogen-bond donors (Lipinski definition) is 2. The monoisotopic (exact) mass is 459 g/mol. The second kappa shape index (κ2) is 10.8. The molecule has 1 aromatic carbocycles. The van der Waals surface area contributed by atoms with E-state index in [2.05, 4.69) is 25.6 Å². The number of aryl methyl sites for hydroxylation is 1. The number of anilines is 1. The molecule has 0 bridgehead atoms. The Kier molecular flexibility index (Phi) is 7.39. The summed E-state index contributed by atoms with van der Waals surface area (Å²) in [7, 11) is 1.56. The molecule has 1 amide bonds. The van der Waals surface area contributed by atoms with Gasteiger partial charge in [-0.1, -0.05) is 30.3 Å². The summed E-state index contributed by atoms with van der Waals surface area (Å²) in [5.41, 5.74) is 6.87. The molecule has 3 aromatic heterocycles. The molecule has 0 aliphatic rings. The quantitative estimate of drug-likeness (QED) is 0.389. The van der Waals surface area contributed by atoms with E-state index in [-0.39, 0.29) is 5.91 Å². The number of nitrogens with zero attached hydrogens (tertiary/aromatic N) is 3. The van der Waals surface area contributed by atoms with Gasteiger partial charge in [0, 0.05) is 41.1 Å². The summed E-state index contributed by atoms with van der Waals surface area (Å²) < 4.78 is 5.38. The average Bonchev–Trinajstić information content (AvgIpc) is 3.36. The van der Waals surface area contributed by atoms with Crippen LogP contribution in [-0.4, -0.2) is 34.0 Å². The van der Waals surface area contributed by atoms with E-state index in [1.165, 1.54) is 11.3 Å². The van der Waals surface area contributed by atoms with Crippen molar-refractivity contribution in [2.45, 2.75) is 25.9 Å². The number of hydrogen-bond acceptors (Lipinski definition) is 7. The maximum Gasteiger partial charge on any atom is 0.241 e. The predicted octanol–water partition coefficient (Wildman–Crippen LogP) is 4.26. The molecule has 168 valence electrons. The number of methoxy groups -OCH3 is 1. The maximum absolute atomic E-state index is 13.3. The standard InChI is InChI=1S/C25H25N5O2S/c1-17-10-19(8-9-26-17)22-12-20(13-24(30-22)32-2)29-25(31)23(11-18-6-4-3-5-7-18)27-14-21-15-33-16-28-21/h3-10,12-13,15-16,23,27H,11,14H2,1-2H3,(H,29,30,31). The highest BCUT2D eigenvalue weighted by Gasteiger charge is 2.20. The van der Waals surface area contributed by atoms with Gasteiger partial charge in [-0.25, -0.2) is 9.97 Å². The first-order valence-corrected chi connectivity index (χ1v) is 11.5. The van der Waals surface area contributed by atoms with Crippen LogP contribution in [0, 0.1) is 6.92 Å². The van der Waals surface area contributed by atoms with Crippen LogP contribution in [0.1, 0.15) is 17.0 Å². The van der Waals surface area contributed by atoms with E-state index in [0.717, 1.165) is 22.5 Å². The lowest BCUT2D eigenvalue weighted by molar-refractivity contribution is -0.118. The van der Waals surface area contributed by atoms with Crippen LogP contribution in [0.3, 0.4) is 0 Å². The number of amides is 1. The number of nitrogens with one attached hydrogen (secondary N) is 2. The van der Waals surface area contributed by atoms with E-state index in [4.69, 9.17) is 4.74 Å². The second-order valence-electron chi connectivity index (χ2n) is 7.56. The highest BCUT2D eigenvalue weighted by molar-refractivity contribution is 7.07. The Morgan fingerprint density at radius 1 is 1.12 bits per heavy atom. The van der Waals surface area contributed by atoms with E-state index in [9.17, 15) is 4.79 Å². The van der Waals surface area contributed by atoms with Crippen LogP contribution in [0.15, 0.2) is 71.7 Å². The molecule has 3 heterocycles. The molecule has 4 rings (SSSR count). The molecule has 0 radical (unpaired) electrons. The molecule has 0 aliphatic heterocycles. The molecule has 2 N–H and O–H groups in total. The first-order chi connectivity index (χ1) is 16.1. The third-order valence-electron chi connectivity index (χ3n) is 5.08. The third-order valence-corrected chi connectivity index (χ3v) is 5.72. The summed E-state index contributed by atoms with van der Waals surface area (Å²) in [6.45, 7) is 2.43. The summed E-state index contributed by atoms with van der Waals surface area (Å²) in [5.74, 6) is 0.284. The van der Waals surface area contributed by atoms with Crippen LogP contribution in [0.2, 0.25) is 0 Å². The van der Waals surface area contributed by atoms with Gasteiger partial charge in [0.2, 0.25) is 11.8 Å². The molecule has 7 nitrogen and oxygen atoms in total. The summed E-state index contributed by atoms with van der Waals surface area (Å²) in [6.07, 6.45) is 2.29. The number of aromatic nitrogens is 3. The fourth-order valence-electron chi connectivity index (χ4n) is 3.42. The number of benzene rings is 1. The molecule has 0 spiro atoms. The van der Waals surface area contributed by atoms with Crippen molar-refractivity contribution < 1.29 is 9.53 Å². The Balaban J connectivity index is 1.56. The summed E-state index contributed by atoms with van der Waals surface area (Å²) in [5, 5.41) is 8.36. The third kappa shape index (κ3) is 6.21. The smallest absolute Gasteiger partial charge is 0.241 e. The molecule has 1 atom stereocenters. The van der Waals surface area contributed by atoms with Gasteiger partial charge in [0.1, 0.15) is 0 Å². The number of carbonyl (C=O) groups is 1. The van der Waals surface area contributed by atoms with E-state index in [1.807, 2.05) is 60.8 Å². The Morgan fingerprint density at radius 2 is 1.97 bits per heavy atom. The minimum absolute atomic E-state index is 0.140. The Bertz CT molecular complexity index is 1200. The summed E-state index contributed by atoms with van der Waals surface area (Å²) >= 11 is 1.53. The van der Waals surface area contributed by atoms with Gasteiger partial charge in [-0.2, -0.15) is 0 Å². The average molecular weight is 460 g/mol. The zero-order valence-corrected chi connectivity index (χ0v) is 19.3. The van der Waals surface area contributed by atoms with Crippen molar-refractivity contribution in [1.29, 1.82) is 0 Å². The minimum Gasteiger partial charge on any atom is -0.481 e.